The van der Waals surface area contributed by atoms with Crippen molar-refractivity contribution in [2.24, 2.45) is 10.9 Å². The Kier molecular flexibility index (Phi) is 7.87. The van der Waals surface area contributed by atoms with Crippen LogP contribution in [0.5, 0.6) is 11.5 Å². The van der Waals surface area contributed by atoms with Gasteiger partial charge < -0.3 is 19.5 Å². The van der Waals surface area contributed by atoms with Gasteiger partial charge in [-0.05, 0) is 37.1 Å². The summed E-state index contributed by atoms with van der Waals surface area (Å²) < 4.78 is 10.7. The number of benzene rings is 2. The summed E-state index contributed by atoms with van der Waals surface area (Å²) in [5.74, 6) is -1.48. The molecule has 1 saturated heterocycles. The summed E-state index contributed by atoms with van der Waals surface area (Å²) in [7, 11) is 0. The lowest BCUT2D eigenvalue weighted by molar-refractivity contribution is -0.153. The lowest BCUT2D eigenvalue weighted by Gasteiger charge is -2.39. The molecule has 2 heterocycles. The van der Waals surface area contributed by atoms with E-state index in [1.165, 1.54) is 11.6 Å². The highest BCUT2D eigenvalue weighted by molar-refractivity contribution is 6.08. The predicted molar refractivity (Wildman–Crippen MR) is 131 cm³/mol. The minimum absolute atomic E-state index is 0.0118. The molecule has 186 valence electrons. The number of guanidine groups is 1. The SMILES string of the molecule is CCOC(=O)[C@@H]1C(=O)NC(N2CCN(Cc3ccccc3)CC2)=N[C@@H]1c1ccc(O)c(OCC)c1. The first kappa shape index (κ1) is 24.5. The predicted octanol–water partition coefficient (Wildman–Crippen LogP) is 2.31. The Hall–Kier alpha value is -3.59. The second kappa shape index (κ2) is 11.2. The maximum atomic E-state index is 13.1. The van der Waals surface area contributed by atoms with Gasteiger partial charge in [0.05, 0.1) is 13.2 Å². The molecule has 0 radical (unpaired) electrons. The van der Waals surface area contributed by atoms with E-state index in [0.29, 0.717) is 31.2 Å². The van der Waals surface area contributed by atoms with Gasteiger partial charge in [-0.3, -0.25) is 19.8 Å². The minimum atomic E-state index is -1.13. The second-order valence-corrected chi connectivity index (χ2v) is 8.53. The molecule has 1 fully saturated rings. The van der Waals surface area contributed by atoms with Crippen molar-refractivity contribution in [2.45, 2.75) is 26.4 Å². The largest absolute Gasteiger partial charge is 0.504 e. The molecule has 9 heteroatoms. The van der Waals surface area contributed by atoms with Crippen LogP contribution in [-0.2, 0) is 20.9 Å². The number of esters is 1. The fourth-order valence-electron chi connectivity index (χ4n) is 4.41. The highest BCUT2D eigenvalue weighted by atomic mass is 16.5. The van der Waals surface area contributed by atoms with E-state index in [2.05, 4.69) is 22.3 Å². The Morgan fingerprint density at radius 1 is 1.09 bits per heavy atom. The fourth-order valence-corrected chi connectivity index (χ4v) is 4.41. The number of carbonyl (C=O) groups is 2. The van der Waals surface area contributed by atoms with Gasteiger partial charge in [0.15, 0.2) is 17.4 Å². The third kappa shape index (κ3) is 5.74. The van der Waals surface area contributed by atoms with E-state index in [9.17, 15) is 14.7 Å². The molecule has 0 unspecified atom stereocenters. The van der Waals surface area contributed by atoms with Gasteiger partial charge in [-0.25, -0.2) is 4.99 Å². The molecule has 0 spiro atoms. The number of nitrogens with zero attached hydrogens (tertiary/aromatic N) is 3. The van der Waals surface area contributed by atoms with Crippen LogP contribution in [0.4, 0.5) is 0 Å². The molecule has 9 nitrogen and oxygen atoms in total. The van der Waals surface area contributed by atoms with Crippen LogP contribution in [0.3, 0.4) is 0 Å². The number of carbonyl (C=O) groups excluding carboxylic acids is 2. The highest BCUT2D eigenvalue weighted by Gasteiger charge is 2.42. The minimum Gasteiger partial charge on any atom is -0.504 e. The van der Waals surface area contributed by atoms with E-state index in [4.69, 9.17) is 14.5 Å². The van der Waals surface area contributed by atoms with Crippen molar-refractivity contribution in [1.29, 1.82) is 0 Å². The van der Waals surface area contributed by atoms with E-state index in [-0.39, 0.29) is 18.1 Å². The molecule has 0 saturated carbocycles. The summed E-state index contributed by atoms with van der Waals surface area (Å²) in [4.78, 5) is 35.0. The fraction of sp³-hybridized carbons (Fsp3) is 0.423. The lowest BCUT2D eigenvalue weighted by atomic mass is 9.91. The topological polar surface area (TPSA) is 104 Å². The Labute approximate surface area is 205 Å². The van der Waals surface area contributed by atoms with Crippen molar-refractivity contribution in [1.82, 2.24) is 15.1 Å². The Morgan fingerprint density at radius 3 is 2.51 bits per heavy atom. The summed E-state index contributed by atoms with van der Waals surface area (Å²) in [6.45, 7) is 7.95. The van der Waals surface area contributed by atoms with E-state index >= 15 is 0 Å². The molecule has 1 amide bonds. The molecule has 35 heavy (non-hydrogen) atoms. The molecule has 0 aliphatic carbocycles. The first-order valence-corrected chi connectivity index (χ1v) is 12.0. The average Bonchev–Trinajstić information content (AvgIpc) is 2.86. The first-order valence-electron chi connectivity index (χ1n) is 12.0. The van der Waals surface area contributed by atoms with Crippen molar-refractivity contribution in [3.63, 3.8) is 0 Å². The molecule has 4 rings (SSSR count). The van der Waals surface area contributed by atoms with Gasteiger partial charge in [0.25, 0.3) is 0 Å². The van der Waals surface area contributed by atoms with Gasteiger partial charge in [-0.2, -0.15) is 0 Å². The third-order valence-corrected chi connectivity index (χ3v) is 6.18. The van der Waals surface area contributed by atoms with Crippen LogP contribution in [-0.4, -0.2) is 72.1 Å². The Morgan fingerprint density at radius 2 is 1.83 bits per heavy atom. The van der Waals surface area contributed by atoms with Crippen LogP contribution in [0.15, 0.2) is 53.5 Å². The van der Waals surface area contributed by atoms with Crippen molar-refractivity contribution in [3.05, 3.63) is 59.7 Å². The van der Waals surface area contributed by atoms with Crippen molar-refractivity contribution >= 4 is 17.8 Å². The van der Waals surface area contributed by atoms with Gasteiger partial charge in [-0.15, -0.1) is 0 Å². The van der Waals surface area contributed by atoms with E-state index in [1.807, 2.05) is 30.0 Å². The number of hydrogen-bond donors (Lipinski definition) is 2. The first-order chi connectivity index (χ1) is 17.0. The zero-order valence-electron chi connectivity index (χ0n) is 20.1. The Balaban J connectivity index is 1.55. The number of rotatable bonds is 7. The average molecular weight is 481 g/mol. The number of aromatic hydroxyl groups is 1. The molecule has 2 aliphatic rings. The molecule has 0 aromatic heterocycles. The number of aliphatic imine (C=N–C) groups is 1. The van der Waals surface area contributed by atoms with E-state index in [0.717, 1.165) is 19.6 Å². The molecule has 0 bridgehead atoms. The third-order valence-electron chi connectivity index (χ3n) is 6.18. The highest BCUT2D eigenvalue weighted by Crippen LogP contribution is 2.36. The van der Waals surface area contributed by atoms with Gasteiger partial charge in [0.2, 0.25) is 11.9 Å². The number of ether oxygens (including phenoxy) is 2. The van der Waals surface area contributed by atoms with Crippen molar-refractivity contribution in [3.8, 4) is 11.5 Å². The number of amides is 1. The van der Waals surface area contributed by atoms with Gasteiger partial charge in [0, 0.05) is 32.7 Å². The monoisotopic (exact) mass is 480 g/mol. The van der Waals surface area contributed by atoms with E-state index < -0.39 is 23.8 Å². The summed E-state index contributed by atoms with van der Waals surface area (Å²) in [5.41, 5.74) is 1.86. The molecule has 2 aromatic carbocycles. The van der Waals surface area contributed by atoms with Gasteiger partial charge in [-0.1, -0.05) is 36.4 Å². The number of nitrogens with one attached hydrogen (secondary N) is 1. The molecule has 2 N–H and O–H groups in total. The lowest BCUT2D eigenvalue weighted by Crippen LogP contribution is -2.57. The second-order valence-electron chi connectivity index (χ2n) is 8.53. The van der Waals surface area contributed by atoms with Gasteiger partial charge in [0.1, 0.15) is 6.04 Å². The number of hydrogen-bond acceptors (Lipinski definition) is 8. The summed E-state index contributed by atoms with van der Waals surface area (Å²) in [6, 6.07) is 14.3. The maximum Gasteiger partial charge on any atom is 0.321 e. The van der Waals surface area contributed by atoms with Crippen LogP contribution >= 0.6 is 0 Å². The van der Waals surface area contributed by atoms with E-state index in [1.54, 1.807) is 19.1 Å². The van der Waals surface area contributed by atoms with Crippen LogP contribution in [0.1, 0.15) is 31.0 Å². The summed E-state index contributed by atoms with van der Waals surface area (Å²) in [5, 5.41) is 12.9. The molecule has 2 aromatic rings. The number of phenols is 1. The maximum absolute atomic E-state index is 13.1. The van der Waals surface area contributed by atoms with Crippen LogP contribution in [0.25, 0.3) is 0 Å². The molecular weight excluding hydrogens is 448 g/mol. The van der Waals surface area contributed by atoms with Crippen LogP contribution < -0.4 is 10.1 Å². The molecule has 2 atom stereocenters. The summed E-state index contributed by atoms with van der Waals surface area (Å²) in [6.07, 6.45) is 0. The van der Waals surface area contributed by atoms with Crippen LogP contribution in [0.2, 0.25) is 0 Å². The molecule has 2 aliphatic heterocycles. The molecular formula is C26H32N4O5. The van der Waals surface area contributed by atoms with Crippen molar-refractivity contribution in [2.75, 3.05) is 39.4 Å². The van der Waals surface area contributed by atoms with Gasteiger partial charge >= 0.3 is 5.97 Å². The number of piperazine rings is 1. The van der Waals surface area contributed by atoms with Crippen LogP contribution in [0, 0.1) is 5.92 Å². The van der Waals surface area contributed by atoms with Crippen molar-refractivity contribution < 1.29 is 24.2 Å². The normalized spacial score (nSPS) is 20.7. The zero-order chi connectivity index (χ0) is 24.8. The smallest absolute Gasteiger partial charge is 0.321 e. The number of phenolic OH excluding ortho intramolecular Hbond substituents is 1. The quantitative estimate of drug-likeness (QED) is 0.463. The Bertz CT molecular complexity index is 1070. The summed E-state index contributed by atoms with van der Waals surface area (Å²) >= 11 is 0. The standard InChI is InChI=1S/C26H32N4O5/c1-3-34-21-16-19(10-11-20(21)31)23-22(25(33)35-4-2)24(32)28-26(27-23)30-14-12-29(13-15-30)17-18-8-6-5-7-9-18/h5-11,16,22-23,31H,3-4,12-15,17H2,1-2H3,(H,27,28,32)/t22-,23+/m0/s1. The zero-order valence-corrected chi connectivity index (χ0v) is 20.1.